The number of anilines is 2. The van der Waals surface area contributed by atoms with Crippen LogP contribution in [0.4, 0.5) is 17.1 Å². The summed E-state index contributed by atoms with van der Waals surface area (Å²) in [7, 11) is 3.74. The first kappa shape index (κ1) is 25.1. The Labute approximate surface area is 202 Å². The Morgan fingerprint density at radius 1 is 1.21 bits per heavy atom. The Hall–Kier alpha value is -3.55. The molecule has 1 aliphatic heterocycles. The zero-order valence-corrected chi connectivity index (χ0v) is 20.8. The number of carbonyl (C=O) groups is 2. The third kappa shape index (κ3) is 5.32. The van der Waals surface area contributed by atoms with E-state index in [0.29, 0.717) is 23.5 Å². The van der Waals surface area contributed by atoms with E-state index >= 15 is 0 Å². The third-order valence-electron chi connectivity index (χ3n) is 6.38. The smallest absolute Gasteiger partial charge is 0.222 e. The summed E-state index contributed by atoms with van der Waals surface area (Å²) in [4.78, 5) is 43.4. The Morgan fingerprint density at radius 3 is 2.47 bits per heavy atom. The van der Waals surface area contributed by atoms with Gasteiger partial charge in [0, 0.05) is 57.1 Å². The molecular weight excluding hydrogens is 428 g/mol. The molecule has 1 fully saturated rings. The van der Waals surface area contributed by atoms with E-state index < -0.39 is 0 Å². The summed E-state index contributed by atoms with van der Waals surface area (Å²) in [6, 6.07) is 4.11. The van der Waals surface area contributed by atoms with Crippen LogP contribution in [-0.2, 0) is 9.59 Å². The van der Waals surface area contributed by atoms with Crippen LogP contribution in [0.2, 0.25) is 0 Å². The normalized spacial score (nSPS) is 14.6. The Balaban J connectivity index is 2.07. The maximum absolute atomic E-state index is 12.1. The molecule has 0 radical (unpaired) electrons. The van der Waals surface area contributed by atoms with Crippen LogP contribution >= 0.6 is 0 Å². The second-order valence-electron chi connectivity index (χ2n) is 8.61. The van der Waals surface area contributed by atoms with Crippen LogP contribution in [0.25, 0.3) is 0 Å². The first-order valence-electron chi connectivity index (χ1n) is 11.6. The number of rotatable bonds is 8. The van der Waals surface area contributed by atoms with Crippen LogP contribution in [-0.4, -0.2) is 66.1 Å². The zero-order chi connectivity index (χ0) is 24.8. The van der Waals surface area contributed by atoms with Crippen LogP contribution in [0.3, 0.4) is 0 Å². The van der Waals surface area contributed by atoms with Gasteiger partial charge in [-0.1, -0.05) is 13.5 Å². The molecule has 0 unspecified atom stereocenters. The number of likely N-dealkylation sites (tertiary alicyclic amines) is 1. The molecule has 34 heavy (non-hydrogen) atoms. The van der Waals surface area contributed by atoms with Crippen LogP contribution in [0, 0.1) is 13.8 Å². The molecule has 1 aliphatic rings. The lowest BCUT2D eigenvalue weighted by Crippen LogP contribution is -2.45. The van der Waals surface area contributed by atoms with Gasteiger partial charge in [0.05, 0.1) is 29.0 Å². The highest BCUT2D eigenvalue weighted by Crippen LogP contribution is 2.41. The first-order valence-corrected chi connectivity index (χ1v) is 11.6. The van der Waals surface area contributed by atoms with Crippen molar-refractivity contribution < 1.29 is 9.59 Å². The molecule has 0 atom stereocenters. The van der Waals surface area contributed by atoms with Gasteiger partial charge in [-0.3, -0.25) is 19.6 Å². The third-order valence-corrected chi connectivity index (χ3v) is 6.38. The molecule has 2 aromatic rings. The summed E-state index contributed by atoms with van der Waals surface area (Å²) in [6.07, 6.45) is 8.18. The van der Waals surface area contributed by atoms with Gasteiger partial charge >= 0.3 is 0 Å². The van der Waals surface area contributed by atoms with Gasteiger partial charge in [0.1, 0.15) is 5.69 Å². The summed E-state index contributed by atoms with van der Waals surface area (Å²) >= 11 is 0. The highest BCUT2D eigenvalue weighted by atomic mass is 16.2. The molecule has 2 amide bonds. The fourth-order valence-corrected chi connectivity index (χ4v) is 4.25. The van der Waals surface area contributed by atoms with Gasteiger partial charge < -0.3 is 14.7 Å². The lowest BCUT2D eigenvalue weighted by atomic mass is 10.0. The SMILES string of the molecule is C=CC(=Nc1c(C)ncc(N(C)C=O)c1N(C)C1CCN(C(=O)CC)CC1)c1ccc(C)nc1. The molecule has 0 N–H and O–H groups in total. The minimum atomic E-state index is 0.190. The molecule has 0 aromatic carbocycles. The largest absolute Gasteiger partial charge is 0.368 e. The Kier molecular flexibility index (Phi) is 8.15. The quantitative estimate of drug-likeness (QED) is 0.440. The molecule has 0 aliphatic carbocycles. The number of allylic oxidation sites excluding steroid dienone is 1. The van der Waals surface area contributed by atoms with Crippen molar-refractivity contribution >= 4 is 35.1 Å². The fourth-order valence-electron chi connectivity index (χ4n) is 4.25. The fraction of sp³-hybridized carbons (Fsp3) is 0.423. The van der Waals surface area contributed by atoms with E-state index in [1.165, 1.54) is 4.90 Å². The van der Waals surface area contributed by atoms with Crippen LogP contribution < -0.4 is 9.80 Å². The summed E-state index contributed by atoms with van der Waals surface area (Å²) in [5.74, 6) is 0.190. The van der Waals surface area contributed by atoms with Crippen molar-refractivity contribution in [3.63, 3.8) is 0 Å². The maximum Gasteiger partial charge on any atom is 0.222 e. The predicted molar refractivity (Wildman–Crippen MR) is 137 cm³/mol. The average molecular weight is 463 g/mol. The number of hydrogen-bond acceptors (Lipinski definition) is 6. The number of aliphatic imine (C=N–C) groups is 1. The van der Waals surface area contributed by atoms with Gasteiger partial charge in [-0.05, 0) is 44.9 Å². The molecule has 0 spiro atoms. The molecule has 3 heterocycles. The van der Waals surface area contributed by atoms with Crippen molar-refractivity contribution in [3.8, 4) is 0 Å². The van der Waals surface area contributed by atoms with Gasteiger partial charge in [0.15, 0.2) is 0 Å². The van der Waals surface area contributed by atoms with Crippen LogP contribution in [0.5, 0.6) is 0 Å². The molecule has 0 saturated carbocycles. The monoisotopic (exact) mass is 462 g/mol. The molecule has 8 heteroatoms. The molecule has 0 bridgehead atoms. The van der Waals surface area contributed by atoms with E-state index in [4.69, 9.17) is 4.99 Å². The van der Waals surface area contributed by atoms with Crippen molar-refractivity contribution in [3.05, 3.63) is 54.1 Å². The van der Waals surface area contributed by atoms with Crippen molar-refractivity contribution in [2.24, 2.45) is 4.99 Å². The standard InChI is InChI=1S/C26H34N6O2/c1-7-22(20-10-9-18(3)27-15-20)29-25-19(4)28-16-23(30(5)17-33)26(25)31(6)21-11-13-32(14-12-21)24(34)8-2/h7,9-10,15-17,21H,1,8,11-14H2,2-6H3. The summed E-state index contributed by atoms with van der Waals surface area (Å²) in [5.41, 5.74) is 5.42. The van der Waals surface area contributed by atoms with Crippen molar-refractivity contribution in [2.45, 2.75) is 46.1 Å². The second kappa shape index (κ2) is 11.0. The number of aryl methyl sites for hydroxylation is 2. The van der Waals surface area contributed by atoms with E-state index in [1.807, 2.05) is 44.9 Å². The molecular formula is C26H34N6O2. The predicted octanol–water partition coefficient (Wildman–Crippen LogP) is 3.83. The van der Waals surface area contributed by atoms with Gasteiger partial charge in [-0.15, -0.1) is 0 Å². The topological polar surface area (TPSA) is 82.0 Å². The van der Waals surface area contributed by atoms with E-state index in [9.17, 15) is 9.59 Å². The van der Waals surface area contributed by atoms with Crippen molar-refractivity contribution in [1.29, 1.82) is 0 Å². The number of piperidine rings is 1. The number of pyridine rings is 2. The number of carbonyl (C=O) groups excluding carboxylic acids is 2. The molecule has 180 valence electrons. The molecule has 8 nitrogen and oxygen atoms in total. The van der Waals surface area contributed by atoms with Crippen molar-refractivity contribution in [2.75, 3.05) is 37.0 Å². The number of aromatic nitrogens is 2. The number of hydrogen-bond donors (Lipinski definition) is 0. The Morgan fingerprint density at radius 2 is 1.91 bits per heavy atom. The highest BCUT2D eigenvalue weighted by molar-refractivity contribution is 6.10. The summed E-state index contributed by atoms with van der Waals surface area (Å²) in [5, 5.41) is 0. The minimum absolute atomic E-state index is 0.190. The van der Waals surface area contributed by atoms with E-state index in [-0.39, 0.29) is 11.9 Å². The lowest BCUT2D eigenvalue weighted by molar-refractivity contribution is -0.131. The van der Waals surface area contributed by atoms with Gasteiger partial charge in [0.25, 0.3) is 0 Å². The van der Waals surface area contributed by atoms with Gasteiger partial charge in [0.2, 0.25) is 12.3 Å². The number of amides is 2. The van der Waals surface area contributed by atoms with Crippen molar-refractivity contribution in [1.82, 2.24) is 14.9 Å². The maximum atomic E-state index is 12.1. The van der Waals surface area contributed by atoms with E-state index in [0.717, 1.165) is 55.0 Å². The van der Waals surface area contributed by atoms with Gasteiger partial charge in [-0.2, -0.15) is 0 Å². The molecule has 3 rings (SSSR count). The average Bonchev–Trinajstić information content (AvgIpc) is 2.87. The number of nitrogens with zero attached hydrogens (tertiary/aromatic N) is 6. The molecule has 2 aromatic heterocycles. The van der Waals surface area contributed by atoms with Crippen LogP contribution in [0.15, 0.2) is 42.2 Å². The van der Waals surface area contributed by atoms with Gasteiger partial charge in [-0.25, -0.2) is 4.99 Å². The summed E-state index contributed by atoms with van der Waals surface area (Å²) in [6.45, 7) is 11.1. The Bertz CT molecular complexity index is 1070. The first-order chi connectivity index (χ1) is 16.3. The lowest BCUT2D eigenvalue weighted by Gasteiger charge is -2.39. The second-order valence-corrected chi connectivity index (χ2v) is 8.61. The van der Waals surface area contributed by atoms with E-state index in [1.54, 1.807) is 25.5 Å². The zero-order valence-electron chi connectivity index (χ0n) is 20.8. The van der Waals surface area contributed by atoms with Crippen LogP contribution in [0.1, 0.15) is 43.1 Å². The minimum Gasteiger partial charge on any atom is -0.368 e. The summed E-state index contributed by atoms with van der Waals surface area (Å²) < 4.78 is 0. The highest BCUT2D eigenvalue weighted by Gasteiger charge is 2.28. The molecule has 1 saturated heterocycles. The van der Waals surface area contributed by atoms with E-state index in [2.05, 4.69) is 21.4 Å².